The summed E-state index contributed by atoms with van der Waals surface area (Å²) < 4.78 is 0. The second-order valence-electron chi connectivity index (χ2n) is 7.16. The first-order chi connectivity index (χ1) is 12.1. The number of benzene rings is 1. The molecule has 0 bridgehead atoms. The van der Waals surface area contributed by atoms with Crippen molar-refractivity contribution in [1.82, 2.24) is 15.5 Å². The number of carbonyl (C=O) groups excluding carboxylic acids is 1. The van der Waals surface area contributed by atoms with Crippen molar-refractivity contribution in [3.63, 3.8) is 0 Å². The highest BCUT2D eigenvalue weighted by Gasteiger charge is 2.34. The fourth-order valence-corrected chi connectivity index (χ4v) is 3.98. The van der Waals surface area contributed by atoms with E-state index in [2.05, 4.69) is 27.7 Å². The van der Waals surface area contributed by atoms with Crippen molar-refractivity contribution in [1.29, 1.82) is 0 Å². The van der Waals surface area contributed by atoms with Gasteiger partial charge in [0.15, 0.2) is 0 Å². The molecule has 3 N–H and O–H groups in total. The van der Waals surface area contributed by atoms with E-state index in [1.165, 1.54) is 5.56 Å². The maximum absolute atomic E-state index is 12.3. The van der Waals surface area contributed by atoms with Crippen molar-refractivity contribution in [2.45, 2.75) is 50.7 Å². The van der Waals surface area contributed by atoms with Crippen LogP contribution in [0, 0.1) is 5.92 Å². The normalized spacial score (nSPS) is 27.0. The number of likely N-dealkylation sites (tertiary alicyclic amines) is 1. The van der Waals surface area contributed by atoms with Gasteiger partial charge < -0.3 is 15.7 Å². The Morgan fingerprint density at radius 3 is 2.64 bits per heavy atom. The smallest absolute Gasteiger partial charge is 0.315 e. The SMILES string of the molecule is O=C(NC1CCCN(Cc2ccccc2)C1)NC1CCCC1C(=O)O. The van der Waals surface area contributed by atoms with E-state index in [4.69, 9.17) is 0 Å². The van der Waals surface area contributed by atoms with E-state index in [1.807, 2.05) is 18.2 Å². The van der Waals surface area contributed by atoms with Crippen LogP contribution in [0.25, 0.3) is 0 Å². The number of hydrogen-bond acceptors (Lipinski definition) is 3. The molecular formula is C19H27N3O3. The lowest BCUT2D eigenvalue weighted by Gasteiger charge is -2.33. The van der Waals surface area contributed by atoms with Crippen LogP contribution in [0.4, 0.5) is 4.79 Å². The van der Waals surface area contributed by atoms with Crippen LogP contribution in [0.15, 0.2) is 30.3 Å². The summed E-state index contributed by atoms with van der Waals surface area (Å²) in [6.45, 7) is 2.76. The molecule has 2 fully saturated rings. The monoisotopic (exact) mass is 345 g/mol. The zero-order valence-corrected chi connectivity index (χ0v) is 14.5. The standard InChI is InChI=1S/C19H27N3O3/c23-18(24)16-9-4-10-17(16)21-19(25)20-15-8-5-11-22(13-15)12-14-6-2-1-3-7-14/h1-3,6-7,15-17H,4-5,8-13H2,(H,23,24)(H2,20,21,25). The van der Waals surface area contributed by atoms with Crippen molar-refractivity contribution in [3.05, 3.63) is 35.9 Å². The summed E-state index contributed by atoms with van der Waals surface area (Å²) in [5.41, 5.74) is 1.28. The molecule has 0 spiro atoms. The average Bonchev–Trinajstić information content (AvgIpc) is 3.04. The molecule has 1 aliphatic heterocycles. The quantitative estimate of drug-likeness (QED) is 0.764. The Hall–Kier alpha value is -2.08. The molecule has 1 aromatic rings. The van der Waals surface area contributed by atoms with E-state index >= 15 is 0 Å². The predicted octanol–water partition coefficient (Wildman–Crippen LogP) is 2.20. The Kier molecular flexibility index (Phi) is 5.91. The molecule has 3 rings (SSSR count). The zero-order chi connectivity index (χ0) is 17.6. The molecule has 1 saturated heterocycles. The Labute approximate surface area is 148 Å². The third-order valence-electron chi connectivity index (χ3n) is 5.24. The summed E-state index contributed by atoms with van der Waals surface area (Å²) >= 11 is 0. The molecule has 1 heterocycles. The van der Waals surface area contributed by atoms with Gasteiger partial charge in [-0.3, -0.25) is 9.69 Å². The van der Waals surface area contributed by atoms with E-state index < -0.39 is 11.9 Å². The molecule has 3 unspecified atom stereocenters. The predicted molar refractivity (Wildman–Crippen MR) is 95.2 cm³/mol. The fraction of sp³-hybridized carbons (Fsp3) is 0.579. The summed E-state index contributed by atoms with van der Waals surface area (Å²) in [4.78, 5) is 25.8. The summed E-state index contributed by atoms with van der Waals surface area (Å²) in [5.74, 6) is -1.26. The number of piperidine rings is 1. The first kappa shape index (κ1) is 17.7. The lowest BCUT2D eigenvalue weighted by molar-refractivity contribution is -0.142. The highest BCUT2D eigenvalue weighted by Crippen LogP contribution is 2.25. The topological polar surface area (TPSA) is 81.7 Å². The van der Waals surface area contributed by atoms with Gasteiger partial charge in [-0.25, -0.2) is 4.79 Å². The minimum absolute atomic E-state index is 0.113. The number of aliphatic carboxylic acids is 1. The highest BCUT2D eigenvalue weighted by atomic mass is 16.4. The minimum atomic E-state index is -0.811. The average molecular weight is 345 g/mol. The van der Waals surface area contributed by atoms with Crippen LogP contribution in [-0.4, -0.2) is 47.2 Å². The van der Waals surface area contributed by atoms with Gasteiger partial charge in [0.1, 0.15) is 0 Å². The second-order valence-corrected chi connectivity index (χ2v) is 7.16. The highest BCUT2D eigenvalue weighted by molar-refractivity contribution is 5.77. The largest absolute Gasteiger partial charge is 0.481 e. The van der Waals surface area contributed by atoms with Crippen molar-refractivity contribution in [2.75, 3.05) is 13.1 Å². The molecule has 2 amide bonds. The molecule has 0 radical (unpaired) electrons. The van der Waals surface area contributed by atoms with E-state index in [1.54, 1.807) is 0 Å². The molecule has 3 atom stereocenters. The maximum atomic E-state index is 12.3. The number of carboxylic acid groups (broad SMARTS) is 1. The molecular weight excluding hydrogens is 318 g/mol. The summed E-state index contributed by atoms with van der Waals surface area (Å²) in [6, 6.07) is 9.98. The zero-order valence-electron chi connectivity index (χ0n) is 14.5. The van der Waals surface area contributed by atoms with Gasteiger partial charge in [0, 0.05) is 25.2 Å². The van der Waals surface area contributed by atoms with E-state index in [0.717, 1.165) is 45.3 Å². The van der Waals surface area contributed by atoms with Crippen molar-refractivity contribution in [2.24, 2.45) is 5.92 Å². The lowest BCUT2D eigenvalue weighted by atomic mass is 10.0. The van der Waals surface area contributed by atoms with Gasteiger partial charge in [-0.05, 0) is 37.8 Å². The van der Waals surface area contributed by atoms with Gasteiger partial charge in [-0.15, -0.1) is 0 Å². The van der Waals surface area contributed by atoms with Crippen LogP contribution in [-0.2, 0) is 11.3 Å². The Morgan fingerprint density at radius 1 is 1.08 bits per heavy atom. The van der Waals surface area contributed by atoms with E-state index in [9.17, 15) is 14.7 Å². The third-order valence-corrected chi connectivity index (χ3v) is 5.24. The second kappa shape index (κ2) is 8.34. The van der Waals surface area contributed by atoms with Gasteiger partial charge in [0.25, 0.3) is 0 Å². The molecule has 6 heteroatoms. The number of nitrogens with one attached hydrogen (secondary N) is 2. The number of carboxylic acids is 1. The summed E-state index contributed by atoms with van der Waals surface area (Å²) in [5, 5.41) is 15.1. The van der Waals surface area contributed by atoms with Gasteiger partial charge in [0.05, 0.1) is 5.92 Å². The third kappa shape index (κ3) is 4.95. The van der Waals surface area contributed by atoms with E-state index in [-0.39, 0.29) is 18.1 Å². The summed E-state index contributed by atoms with van der Waals surface area (Å²) in [6.07, 6.45) is 4.27. The molecule has 25 heavy (non-hydrogen) atoms. The minimum Gasteiger partial charge on any atom is -0.481 e. The number of rotatable bonds is 5. The van der Waals surface area contributed by atoms with Crippen molar-refractivity contribution < 1.29 is 14.7 Å². The van der Waals surface area contributed by atoms with Crippen molar-refractivity contribution >= 4 is 12.0 Å². The molecule has 1 aromatic carbocycles. The Balaban J connectivity index is 1.47. The van der Waals surface area contributed by atoms with Crippen LogP contribution < -0.4 is 10.6 Å². The number of urea groups is 1. The van der Waals surface area contributed by atoms with Gasteiger partial charge in [0.2, 0.25) is 0 Å². The Morgan fingerprint density at radius 2 is 1.88 bits per heavy atom. The number of hydrogen-bond donors (Lipinski definition) is 3. The van der Waals surface area contributed by atoms with Gasteiger partial charge >= 0.3 is 12.0 Å². The van der Waals surface area contributed by atoms with E-state index in [0.29, 0.717) is 6.42 Å². The molecule has 0 aromatic heterocycles. The molecule has 1 aliphatic carbocycles. The van der Waals surface area contributed by atoms with Crippen LogP contribution >= 0.6 is 0 Å². The molecule has 6 nitrogen and oxygen atoms in total. The van der Waals surface area contributed by atoms with Crippen LogP contribution in [0.2, 0.25) is 0 Å². The molecule has 2 aliphatic rings. The van der Waals surface area contributed by atoms with Gasteiger partial charge in [-0.2, -0.15) is 0 Å². The lowest BCUT2D eigenvalue weighted by Crippen LogP contribution is -2.53. The molecule has 136 valence electrons. The van der Waals surface area contributed by atoms with Crippen LogP contribution in [0.3, 0.4) is 0 Å². The number of carbonyl (C=O) groups is 2. The van der Waals surface area contributed by atoms with Crippen LogP contribution in [0.1, 0.15) is 37.7 Å². The van der Waals surface area contributed by atoms with Crippen molar-refractivity contribution in [3.8, 4) is 0 Å². The number of amides is 2. The maximum Gasteiger partial charge on any atom is 0.315 e. The first-order valence-electron chi connectivity index (χ1n) is 9.18. The summed E-state index contributed by atoms with van der Waals surface area (Å²) in [7, 11) is 0. The number of nitrogens with zero attached hydrogens (tertiary/aromatic N) is 1. The van der Waals surface area contributed by atoms with Gasteiger partial charge in [-0.1, -0.05) is 36.8 Å². The van der Waals surface area contributed by atoms with Crippen LogP contribution in [0.5, 0.6) is 0 Å². The first-order valence-corrected chi connectivity index (χ1v) is 9.18. The Bertz CT molecular complexity index is 593. The molecule has 1 saturated carbocycles. The fourth-order valence-electron chi connectivity index (χ4n) is 3.98.